The number of rotatable bonds is 1. The van der Waals surface area contributed by atoms with Crippen LogP contribution in [-0.4, -0.2) is 19.0 Å². The Kier molecular flexibility index (Phi) is 4.13. The van der Waals surface area contributed by atoms with E-state index in [1.165, 1.54) is 13.1 Å². The van der Waals surface area contributed by atoms with E-state index in [-0.39, 0.29) is 5.56 Å². The highest BCUT2D eigenvalue weighted by atomic mass is 19.4. The lowest BCUT2D eigenvalue weighted by molar-refractivity contribution is -0.137. The fraction of sp³-hybridized carbons (Fsp3) is 0.200. The predicted molar refractivity (Wildman–Crippen MR) is 56.5 cm³/mol. The molecule has 3 amide bonds. The third-order valence-electron chi connectivity index (χ3n) is 1.97. The Morgan fingerprint density at radius 3 is 2.39 bits per heavy atom. The van der Waals surface area contributed by atoms with Gasteiger partial charge in [-0.3, -0.25) is 10.2 Å². The third kappa shape index (κ3) is 3.65. The predicted octanol–water partition coefficient (Wildman–Crippen LogP) is 1.28. The van der Waals surface area contributed by atoms with Crippen molar-refractivity contribution >= 4 is 11.9 Å². The van der Waals surface area contributed by atoms with Gasteiger partial charge >= 0.3 is 12.2 Å². The number of alkyl halides is 3. The largest absolute Gasteiger partial charge is 0.416 e. The Labute approximate surface area is 100 Å². The summed E-state index contributed by atoms with van der Waals surface area (Å²) in [6.45, 7) is 0. The average Bonchev–Trinajstić information content (AvgIpc) is 2.34. The second-order valence-electron chi connectivity index (χ2n) is 3.24. The number of carbonyl (C=O) groups is 2. The molecule has 0 unspecified atom stereocenters. The van der Waals surface area contributed by atoms with E-state index in [0.717, 1.165) is 12.1 Å². The first-order chi connectivity index (χ1) is 8.34. The van der Waals surface area contributed by atoms with Crippen LogP contribution in [0, 0.1) is 0 Å². The third-order valence-corrected chi connectivity index (χ3v) is 1.97. The van der Waals surface area contributed by atoms with Gasteiger partial charge in [-0.25, -0.2) is 10.2 Å². The number of hydrogen-bond donors (Lipinski definition) is 3. The summed E-state index contributed by atoms with van der Waals surface area (Å²) in [5, 5.41) is 2.16. The first-order valence-corrected chi connectivity index (χ1v) is 4.80. The first kappa shape index (κ1) is 13.8. The molecule has 1 aromatic rings. The summed E-state index contributed by atoms with van der Waals surface area (Å²) < 4.78 is 37.2. The number of hydrogen-bond acceptors (Lipinski definition) is 2. The van der Waals surface area contributed by atoms with Gasteiger partial charge in [0, 0.05) is 12.6 Å². The molecule has 0 aliphatic heterocycles. The summed E-state index contributed by atoms with van der Waals surface area (Å²) in [6.07, 6.45) is -4.52. The van der Waals surface area contributed by atoms with Crippen LogP contribution in [0.2, 0.25) is 0 Å². The van der Waals surface area contributed by atoms with E-state index >= 15 is 0 Å². The lowest BCUT2D eigenvalue weighted by atomic mass is 10.1. The van der Waals surface area contributed by atoms with Gasteiger partial charge in [0.15, 0.2) is 0 Å². The van der Waals surface area contributed by atoms with Crippen molar-refractivity contribution in [2.75, 3.05) is 7.05 Å². The topological polar surface area (TPSA) is 70.2 Å². The fourth-order valence-corrected chi connectivity index (χ4v) is 1.08. The smallest absolute Gasteiger partial charge is 0.340 e. The highest BCUT2D eigenvalue weighted by Gasteiger charge is 2.30. The van der Waals surface area contributed by atoms with E-state index in [0.29, 0.717) is 6.07 Å². The van der Waals surface area contributed by atoms with Gasteiger partial charge in [0.25, 0.3) is 5.91 Å². The molecular formula is C10H10F3N3O2. The highest BCUT2D eigenvalue weighted by Crippen LogP contribution is 2.29. The molecule has 8 heteroatoms. The maximum atomic E-state index is 12.4. The van der Waals surface area contributed by atoms with Gasteiger partial charge in [0.2, 0.25) is 0 Å². The minimum atomic E-state index is -4.52. The van der Waals surface area contributed by atoms with Crippen LogP contribution in [0.15, 0.2) is 24.3 Å². The summed E-state index contributed by atoms with van der Waals surface area (Å²) in [6, 6.07) is 3.17. The zero-order valence-corrected chi connectivity index (χ0v) is 9.26. The van der Waals surface area contributed by atoms with Crippen molar-refractivity contribution in [3.8, 4) is 0 Å². The van der Waals surface area contributed by atoms with Gasteiger partial charge in [0.05, 0.1) is 5.56 Å². The number of benzene rings is 1. The summed E-state index contributed by atoms with van der Waals surface area (Å²) in [5.41, 5.74) is 2.78. The van der Waals surface area contributed by atoms with Gasteiger partial charge in [-0.2, -0.15) is 13.2 Å². The van der Waals surface area contributed by atoms with E-state index in [1.54, 1.807) is 0 Å². The SMILES string of the molecule is CNC(=O)NNC(=O)c1cccc(C(F)(F)F)c1. The van der Waals surface area contributed by atoms with Gasteiger partial charge in [-0.05, 0) is 18.2 Å². The zero-order chi connectivity index (χ0) is 13.8. The van der Waals surface area contributed by atoms with Crippen LogP contribution in [0.3, 0.4) is 0 Å². The van der Waals surface area contributed by atoms with Gasteiger partial charge in [-0.15, -0.1) is 0 Å². The molecule has 0 atom stereocenters. The van der Waals surface area contributed by atoms with Crippen LogP contribution < -0.4 is 16.2 Å². The number of urea groups is 1. The Morgan fingerprint density at radius 2 is 1.83 bits per heavy atom. The van der Waals surface area contributed by atoms with Crippen LogP contribution in [-0.2, 0) is 6.18 Å². The lowest BCUT2D eigenvalue weighted by Gasteiger charge is -2.09. The van der Waals surface area contributed by atoms with E-state index < -0.39 is 23.7 Å². The normalized spacial score (nSPS) is 10.7. The maximum Gasteiger partial charge on any atom is 0.416 e. The molecule has 0 saturated carbocycles. The molecule has 1 aromatic carbocycles. The highest BCUT2D eigenvalue weighted by molar-refractivity contribution is 5.95. The number of hydrazine groups is 1. The summed E-state index contributed by atoms with van der Waals surface area (Å²) in [5.74, 6) is -0.843. The second-order valence-corrected chi connectivity index (χ2v) is 3.24. The Morgan fingerprint density at radius 1 is 1.17 bits per heavy atom. The van der Waals surface area contributed by atoms with E-state index in [4.69, 9.17) is 0 Å². The van der Waals surface area contributed by atoms with Crippen molar-refractivity contribution in [2.24, 2.45) is 0 Å². The zero-order valence-electron chi connectivity index (χ0n) is 9.26. The van der Waals surface area contributed by atoms with Crippen LogP contribution in [0.25, 0.3) is 0 Å². The van der Waals surface area contributed by atoms with Crippen LogP contribution in [0.1, 0.15) is 15.9 Å². The fourth-order valence-electron chi connectivity index (χ4n) is 1.08. The average molecular weight is 261 g/mol. The summed E-state index contributed by atoms with van der Waals surface area (Å²) in [7, 11) is 1.33. The summed E-state index contributed by atoms with van der Waals surface area (Å²) in [4.78, 5) is 22.2. The van der Waals surface area contributed by atoms with E-state index in [1.807, 2.05) is 10.9 Å². The monoisotopic (exact) mass is 261 g/mol. The first-order valence-electron chi connectivity index (χ1n) is 4.80. The molecule has 0 fully saturated rings. The van der Waals surface area contributed by atoms with Crippen molar-refractivity contribution in [2.45, 2.75) is 6.18 Å². The van der Waals surface area contributed by atoms with E-state index in [2.05, 4.69) is 5.32 Å². The number of halogens is 3. The summed E-state index contributed by atoms with van der Waals surface area (Å²) >= 11 is 0. The molecule has 0 spiro atoms. The van der Waals surface area contributed by atoms with Crippen molar-refractivity contribution in [3.63, 3.8) is 0 Å². The molecule has 0 bridgehead atoms. The van der Waals surface area contributed by atoms with Gasteiger partial charge in [-0.1, -0.05) is 6.07 Å². The molecule has 0 aliphatic carbocycles. The standard InChI is InChI=1S/C10H10F3N3O2/c1-14-9(18)16-15-8(17)6-3-2-4-7(5-6)10(11,12)13/h2-5H,1H3,(H,15,17)(H2,14,16,18). The van der Waals surface area contributed by atoms with Crippen molar-refractivity contribution in [3.05, 3.63) is 35.4 Å². The Bertz CT molecular complexity index is 460. The Hall–Kier alpha value is -2.25. The molecule has 0 radical (unpaired) electrons. The Balaban J connectivity index is 2.78. The number of nitrogens with one attached hydrogen (secondary N) is 3. The number of carbonyl (C=O) groups excluding carboxylic acids is 2. The lowest BCUT2D eigenvalue weighted by Crippen LogP contribution is -2.45. The molecular weight excluding hydrogens is 251 g/mol. The minimum Gasteiger partial charge on any atom is -0.340 e. The molecule has 0 aromatic heterocycles. The van der Waals surface area contributed by atoms with Crippen LogP contribution in [0.4, 0.5) is 18.0 Å². The van der Waals surface area contributed by atoms with Gasteiger partial charge < -0.3 is 5.32 Å². The molecule has 0 aliphatic rings. The molecule has 18 heavy (non-hydrogen) atoms. The van der Waals surface area contributed by atoms with E-state index in [9.17, 15) is 22.8 Å². The number of amides is 3. The molecule has 3 N–H and O–H groups in total. The molecule has 1 rings (SSSR count). The van der Waals surface area contributed by atoms with Crippen LogP contribution >= 0.6 is 0 Å². The van der Waals surface area contributed by atoms with Crippen LogP contribution in [0.5, 0.6) is 0 Å². The molecule has 0 saturated heterocycles. The van der Waals surface area contributed by atoms with Gasteiger partial charge in [0.1, 0.15) is 0 Å². The molecule has 5 nitrogen and oxygen atoms in total. The van der Waals surface area contributed by atoms with Crippen molar-refractivity contribution < 1.29 is 22.8 Å². The second kappa shape index (κ2) is 5.39. The quantitative estimate of drug-likeness (QED) is 0.666. The molecule has 98 valence electrons. The molecule has 0 heterocycles. The van der Waals surface area contributed by atoms with Crippen molar-refractivity contribution in [1.82, 2.24) is 16.2 Å². The minimum absolute atomic E-state index is 0.207. The maximum absolute atomic E-state index is 12.4. The van der Waals surface area contributed by atoms with Crippen molar-refractivity contribution in [1.29, 1.82) is 0 Å².